The number of thioether (sulfide) groups is 1. The number of carbonyl (C=O) groups excluding carboxylic acids is 1. The molecule has 1 heterocycles. The first-order valence-electron chi connectivity index (χ1n) is 9.68. The van der Waals surface area contributed by atoms with Gasteiger partial charge < -0.3 is 14.8 Å². The van der Waals surface area contributed by atoms with Crippen LogP contribution in [0.5, 0.6) is 11.5 Å². The molecular weight excluding hydrogens is 382 g/mol. The SMILES string of the molecule is O=C(COc1ccc(OCc2ccccc2)cc1)N[C@@H]1CCSc2ccccc21. The molecule has 4 rings (SSSR count). The van der Waals surface area contributed by atoms with Gasteiger partial charge in [0.25, 0.3) is 5.91 Å². The lowest BCUT2D eigenvalue weighted by molar-refractivity contribution is -0.123. The summed E-state index contributed by atoms with van der Waals surface area (Å²) >= 11 is 1.84. The Morgan fingerprint density at radius 1 is 0.897 bits per heavy atom. The molecule has 1 atom stereocenters. The van der Waals surface area contributed by atoms with E-state index < -0.39 is 0 Å². The third kappa shape index (κ3) is 5.33. The largest absolute Gasteiger partial charge is 0.489 e. The average Bonchev–Trinajstić information content (AvgIpc) is 2.78. The predicted molar refractivity (Wildman–Crippen MR) is 115 cm³/mol. The van der Waals surface area contributed by atoms with Crippen LogP contribution in [0.1, 0.15) is 23.6 Å². The summed E-state index contributed by atoms with van der Waals surface area (Å²) in [5.74, 6) is 2.31. The van der Waals surface area contributed by atoms with E-state index in [0.29, 0.717) is 12.4 Å². The molecule has 0 unspecified atom stereocenters. The second-order valence-corrected chi connectivity index (χ2v) is 7.97. The number of benzene rings is 3. The van der Waals surface area contributed by atoms with Gasteiger partial charge in [-0.1, -0.05) is 48.5 Å². The molecule has 1 aliphatic rings. The number of fused-ring (bicyclic) bond motifs is 1. The van der Waals surface area contributed by atoms with E-state index in [-0.39, 0.29) is 18.6 Å². The number of amides is 1. The highest BCUT2D eigenvalue weighted by molar-refractivity contribution is 7.99. The quantitative estimate of drug-likeness (QED) is 0.601. The monoisotopic (exact) mass is 405 g/mol. The molecule has 1 aliphatic heterocycles. The third-order valence-electron chi connectivity index (χ3n) is 4.74. The predicted octanol–water partition coefficient (Wildman–Crippen LogP) is 5.00. The van der Waals surface area contributed by atoms with E-state index in [2.05, 4.69) is 17.4 Å². The Hall–Kier alpha value is -2.92. The van der Waals surface area contributed by atoms with Crippen LogP contribution in [0.3, 0.4) is 0 Å². The van der Waals surface area contributed by atoms with E-state index in [1.807, 2.05) is 78.5 Å². The van der Waals surface area contributed by atoms with Gasteiger partial charge in [0.05, 0.1) is 6.04 Å². The molecule has 1 N–H and O–H groups in total. The molecule has 0 aliphatic carbocycles. The van der Waals surface area contributed by atoms with Gasteiger partial charge in [-0.25, -0.2) is 0 Å². The van der Waals surface area contributed by atoms with Crippen LogP contribution in [0.25, 0.3) is 0 Å². The van der Waals surface area contributed by atoms with Crippen molar-refractivity contribution >= 4 is 17.7 Å². The molecule has 3 aromatic carbocycles. The second kappa shape index (κ2) is 9.52. The summed E-state index contributed by atoms with van der Waals surface area (Å²) < 4.78 is 11.4. The minimum Gasteiger partial charge on any atom is -0.489 e. The van der Waals surface area contributed by atoms with Crippen molar-refractivity contribution in [3.63, 3.8) is 0 Å². The number of carbonyl (C=O) groups is 1. The van der Waals surface area contributed by atoms with Crippen molar-refractivity contribution in [3.05, 3.63) is 90.0 Å². The van der Waals surface area contributed by atoms with Gasteiger partial charge in [-0.3, -0.25) is 4.79 Å². The van der Waals surface area contributed by atoms with E-state index in [1.54, 1.807) is 0 Å². The van der Waals surface area contributed by atoms with E-state index in [9.17, 15) is 4.79 Å². The number of rotatable bonds is 7. The Balaban J connectivity index is 1.25. The lowest BCUT2D eigenvalue weighted by Gasteiger charge is -2.25. The van der Waals surface area contributed by atoms with Crippen molar-refractivity contribution in [1.29, 1.82) is 0 Å². The highest BCUT2D eigenvalue weighted by Crippen LogP contribution is 2.35. The molecule has 0 saturated heterocycles. The molecule has 148 valence electrons. The van der Waals surface area contributed by atoms with Crippen molar-refractivity contribution in [1.82, 2.24) is 5.32 Å². The summed E-state index contributed by atoms with van der Waals surface area (Å²) in [7, 11) is 0. The van der Waals surface area contributed by atoms with Gasteiger partial charge in [0.2, 0.25) is 0 Å². The number of ether oxygens (including phenoxy) is 2. The highest BCUT2D eigenvalue weighted by atomic mass is 32.2. The summed E-state index contributed by atoms with van der Waals surface area (Å²) in [5, 5.41) is 3.09. The molecule has 0 bridgehead atoms. The van der Waals surface area contributed by atoms with Gasteiger partial charge in [-0.05, 0) is 47.9 Å². The maximum atomic E-state index is 12.4. The molecule has 0 radical (unpaired) electrons. The van der Waals surface area contributed by atoms with Crippen LogP contribution >= 0.6 is 11.8 Å². The molecule has 0 spiro atoms. The van der Waals surface area contributed by atoms with Crippen LogP contribution in [0, 0.1) is 0 Å². The summed E-state index contributed by atoms with van der Waals surface area (Å²) in [4.78, 5) is 13.6. The van der Waals surface area contributed by atoms with Gasteiger partial charge in [0.15, 0.2) is 6.61 Å². The topological polar surface area (TPSA) is 47.6 Å². The maximum Gasteiger partial charge on any atom is 0.258 e. The van der Waals surface area contributed by atoms with Gasteiger partial charge in [-0.2, -0.15) is 0 Å². The average molecular weight is 406 g/mol. The van der Waals surface area contributed by atoms with Gasteiger partial charge in [0.1, 0.15) is 18.1 Å². The van der Waals surface area contributed by atoms with E-state index in [0.717, 1.165) is 23.5 Å². The zero-order valence-electron chi connectivity index (χ0n) is 16.0. The molecule has 0 aromatic heterocycles. The van der Waals surface area contributed by atoms with Gasteiger partial charge >= 0.3 is 0 Å². The smallest absolute Gasteiger partial charge is 0.258 e. The first kappa shape index (κ1) is 19.4. The summed E-state index contributed by atoms with van der Waals surface area (Å²) in [6.45, 7) is 0.515. The first-order chi connectivity index (χ1) is 14.3. The lowest BCUT2D eigenvalue weighted by Crippen LogP contribution is -2.34. The van der Waals surface area contributed by atoms with Crippen LogP contribution in [0.15, 0.2) is 83.8 Å². The lowest BCUT2D eigenvalue weighted by atomic mass is 10.0. The Kier molecular flexibility index (Phi) is 6.37. The molecule has 0 saturated carbocycles. The molecule has 3 aromatic rings. The number of hydrogen-bond donors (Lipinski definition) is 1. The zero-order valence-corrected chi connectivity index (χ0v) is 16.9. The van der Waals surface area contributed by atoms with Crippen LogP contribution in [-0.2, 0) is 11.4 Å². The fraction of sp³-hybridized carbons (Fsp3) is 0.208. The summed E-state index contributed by atoms with van der Waals surface area (Å²) in [5.41, 5.74) is 2.31. The fourth-order valence-electron chi connectivity index (χ4n) is 3.25. The molecule has 4 nitrogen and oxygen atoms in total. The fourth-order valence-corrected chi connectivity index (χ4v) is 4.38. The standard InChI is InChI=1S/C24H23NO3S/c26-24(25-22-14-15-29-23-9-5-4-8-21(22)23)17-28-20-12-10-19(11-13-20)27-16-18-6-2-1-3-7-18/h1-13,22H,14-17H2,(H,25,26)/t22-/m1/s1. The molecular formula is C24H23NO3S. The number of hydrogen-bond acceptors (Lipinski definition) is 4. The van der Waals surface area contributed by atoms with Gasteiger partial charge in [0, 0.05) is 10.6 Å². The van der Waals surface area contributed by atoms with Crippen molar-refractivity contribution in [2.45, 2.75) is 24.0 Å². The van der Waals surface area contributed by atoms with Crippen molar-refractivity contribution in [2.75, 3.05) is 12.4 Å². The molecule has 5 heteroatoms. The molecule has 0 fully saturated rings. The highest BCUT2D eigenvalue weighted by Gasteiger charge is 2.21. The normalized spacial score (nSPS) is 15.2. The van der Waals surface area contributed by atoms with Gasteiger partial charge in [-0.15, -0.1) is 11.8 Å². The van der Waals surface area contributed by atoms with Crippen molar-refractivity contribution in [2.24, 2.45) is 0 Å². The number of nitrogens with one attached hydrogen (secondary N) is 1. The first-order valence-corrected chi connectivity index (χ1v) is 10.7. The van der Waals surface area contributed by atoms with E-state index in [4.69, 9.17) is 9.47 Å². The Morgan fingerprint density at radius 3 is 2.38 bits per heavy atom. The Morgan fingerprint density at radius 2 is 1.59 bits per heavy atom. The van der Waals surface area contributed by atoms with Crippen LogP contribution in [0.4, 0.5) is 0 Å². The zero-order chi connectivity index (χ0) is 19.9. The van der Waals surface area contributed by atoms with Crippen LogP contribution in [0.2, 0.25) is 0 Å². The van der Waals surface area contributed by atoms with Crippen molar-refractivity contribution in [3.8, 4) is 11.5 Å². The molecule has 29 heavy (non-hydrogen) atoms. The Labute approximate surface area is 175 Å². The van der Waals surface area contributed by atoms with Crippen LogP contribution in [-0.4, -0.2) is 18.3 Å². The third-order valence-corrected chi connectivity index (χ3v) is 5.86. The van der Waals surface area contributed by atoms with E-state index >= 15 is 0 Å². The minimum atomic E-state index is -0.110. The second-order valence-electron chi connectivity index (χ2n) is 6.83. The Bertz CT molecular complexity index is 944. The van der Waals surface area contributed by atoms with Crippen LogP contribution < -0.4 is 14.8 Å². The summed E-state index contributed by atoms with van der Waals surface area (Å²) in [6, 6.07) is 25.7. The summed E-state index contributed by atoms with van der Waals surface area (Å²) in [6.07, 6.45) is 0.931. The molecule has 1 amide bonds. The van der Waals surface area contributed by atoms with Crippen molar-refractivity contribution < 1.29 is 14.3 Å². The van der Waals surface area contributed by atoms with E-state index in [1.165, 1.54) is 10.5 Å². The maximum absolute atomic E-state index is 12.4. The minimum absolute atomic E-state index is 0.00394.